The molecule has 0 atom stereocenters. The Bertz CT molecular complexity index is 614. The Morgan fingerprint density at radius 2 is 2.25 bits per heavy atom. The van der Waals surface area contributed by atoms with Crippen molar-refractivity contribution in [3.8, 4) is 0 Å². The lowest BCUT2D eigenvalue weighted by Crippen LogP contribution is -2.14. The van der Waals surface area contributed by atoms with Crippen LogP contribution in [-0.4, -0.2) is 39.9 Å². The van der Waals surface area contributed by atoms with Gasteiger partial charge < -0.3 is 10.1 Å². The molecule has 2 aromatic heterocycles. The van der Waals surface area contributed by atoms with E-state index in [4.69, 9.17) is 0 Å². The SMILES string of the molecule is CCCCNc1nc(NC(=O)OC)nc2c(Br)n[nH]c12. The van der Waals surface area contributed by atoms with Gasteiger partial charge in [-0.2, -0.15) is 10.1 Å². The van der Waals surface area contributed by atoms with Crippen molar-refractivity contribution in [1.82, 2.24) is 20.2 Å². The van der Waals surface area contributed by atoms with E-state index in [9.17, 15) is 4.79 Å². The summed E-state index contributed by atoms with van der Waals surface area (Å²) < 4.78 is 5.09. The fourth-order valence-corrected chi connectivity index (χ4v) is 1.96. The van der Waals surface area contributed by atoms with E-state index in [1.165, 1.54) is 7.11 Å². The lowest BCUT2D eigenvalue weighted by Gasteiger charge is -2.08. The summed E-state index contributed by atoms with van der Waals surface area (Å²) in [5.41, 5.74) is 1.27. The average Bonchev–Trinajstić information content (AvgIpc) is 2.81. The van der Waals surface area contributed by atoms with Crippen LogP contribution >= 0.6 is 15.9 Å². The van der Waals surface area contributed by atoms with Crippen LogP contribution in [-0.2, 0) is 4.74 Å². The van der Waals surface area contributed by atoms with Gasteiger partial charge in [0.05, 0.1) is 7.11 Å². The van der Waals surface area contributed by atoms with E-state index in [1.807, 2.05) is 0 Å². The van der Waals surface area contributed by atoms with E-state index in [-0.39, 0.29) is 5.95 Å². The molecule has 1 amide bonds. The Morgan fingerprint density at radius 3 is 2.95 bits per heavy atom. The molecule has 0 saturated carbocycles. The van der Waals surface area contributed by atoms with Crippen LogP contribution in [0.4, 0.5) is 16.6 Å². The zero-order chi connectivity index (χ0) is 14.5. The highest BCUT2D eigenvalue weighted by atomic mass is 79.9. The van der Waals surface area contributed by atoms with Crippen molar-refractivity contribution >= 4 is 44.8 Å². The van der Waals surface area contributed by atoms with Gasteiger partial charge in [-0.05, 0) is 22.4 Å². The number of carbonyl (C=O) groups is 1. The van der Waals surface area contributed by atoms with E-state index in [0.717, 1.165) is 19.4 Å². The van der Waals surface area contributed by atoms with Crippen molar-refractivity contribution < 1.29 is 9.53 Å². The highest BCUT2D eigenvalue weighted by Crippen LogP contribution is 2.25. The third-order valence-corrected chi connectivity index (χ3v) is 3.15. The summed E-state index contributed by atoms with van der Waals surface area (Å²) in [5.74, 6) is 0.749. The number of methoxy groups -OCH3 is 1. The number of halogens is 1. The van der Waals surface area contributed by atoms with Gasteiger partial charge in [-0.25, -0.2) is 9.78 Å². The van der Waals surface area contributed by atoms with E-state index < -0.39 is 6.09 Å². The highest BCUT2D eigenvalue weighted by molar-refractivity contribution is 9.10. The van der Waals surface area contributed by atoms with E-state index >= 15 is 0 Å². The van der Waals surface area contributed by atoms with Crippen LogP contribution in [0.25, 0.3) is 11.0 Å². The molecule has 0 bridgehead atoms. The quantitative estimate of drug-likeness (QED) is 0.721. The fourth-order valence-electron chi connectivity index (χ4n) is 1.58. The second-order valence-corrected chi connectivity index (χ2v) is 4.78. The molecule has 0 saturated heterocycles. The summed E-state index contributed by atoms with van der Waals surface area (Å²) >= 11 is 3.30. The summed E-state index contributed by atoms with van der Waals surface area (Å²) in [5, 5.41) is 12.5. The van der Waals surface area contributed by atoms with Gasteiger partial charge >= 0.3 is 6.09 Å². The average molecular weight is 343 g/mol. The van der Waals surface area contributed by atoms with Gasteiger partial charge in [0.2, 0.25) is 5.95 Å². The van der Waals surface area contributed by atoms with Gasteiger partial charge in [0.15, 0.2) is 10.4 Å². The molecule has 3 N–H and O–H groups in total. The smallest absolute Gasteiger partial charge is 0.413 e. The van der Waals surface area contributed by atoms with Crippen molar-refractivity contribution in [3.63, 3.8) is 0 Å². The maximum atomic E-state index is 11.2. The van der Waals surface area contributed by atoms with Gasteiger partial charge in [0.25, 0.3) is 0 Å². The predicted molar refractivity (Wildman–Crippen MR) is 78.8 cm³/mol. The van der Waals surface area contributed by atoms with Crippen molar-refractivity contribution in [2.24, 2.45) is 0 Å². The fraction of sp³-hybridized carbons (Fsp3) is 0.455. The normalized spacial score (nSPS) is 10.6. The molecule has 20 heavy (non-hydrogen) atoms. The van der Waals surface area contributed by atoms with Crippen molar-refractivity contribution in [3.05, 3.63) is 4.60 Å². The van der Waals surface area contributed by atoms with E-state index in [1.54, 1.807) is 0 Å². The Labute approximate surface area is 123 Å². The maximum Gasteiger partial charge on any atom is 0.413 e. The van der Waals surface area contributed by atoms with E-state index in [0.29, 0.717) is 21.5 Å². The number of nitrogens with zero attached hydrogens (tertiary/aromatic N) is 3. The van der Waals surface area contributed by atoms with Crippen LogP contribution in [0.1, 0.15) is 19.8 Å². The second-order valence-electron chi connectivity index (χ2n) is 4.03. The first-order chi connectivity index (χ1) is 9.65. The summed E-state index contributed by atoms with van der Waals surface area (Å²) in [6, 6.07) is 0. The number of aromatic amines is 1. The molecule has 2 heterocycles. The molecule has 0 aliphatic heterocycles. The number of ether oxygens (including phenoxy) is 1. The molecular weight excluding hydrogens is 328 g/mol. The second kappa shape index (κ2) is 6.51. The molecule has 0 radical (unpaired) electrons. The largest absolute Gasteiger partial charge is 0.453 e. The highest BCUT2D eigenvalue weighted by Gasteiger charge is 2.14. The standard InChI is InChI=1S/C11H15BrN6O2/c1-3-4-5-13-9-7-6(8(12)18-17-7)14-10(15-9)16-11(19)20-2/h3-5H2,1-2H3,(H,17,18)(H2,13,14,15,16,19). The Morgan fingerprint density at radius 1 is 1.45 bits per heavy atom. The van der Waals surface area contributed by atoms with E-state index in [2.05, 4.69) is 58.4 Å². The number of amides is 1. The monoisotopic (exact) mass is 342 g/mol. The predicted octanol–water partition coefficient (Wildman–Crippen LogP) is 2.51. The Hall–Kier alpha value is -1.90. The first-order valence-corrected chi connectivity index (χ1v) is 6.95. The van der Waals surface area contributed by atoms with Gasteiger partial charge in [0, 0.05) is 6.54 Å². The number of fused-ring (bicyclic) bond motifs is 1. The maximum absolute atomic E-state index is 11.2. The lowest BCUT2D eigenvalue weighted by molar-refractivity contribution is 0.186. The number of unbranched alkanes of at least 4 members (excludes halogenated alkanes) is 1. The minimum absolute atomic E-state index is 0.158. The number of aromatic nitrogens is 4. The molecule has 2 aromatic rings. The Kier molecular flexibility index (Phi) is 4.72. The van der Waals surface area contributed by atoms with Gasteiger partial charge in [-0.15, -0.1) is 0 Å². The molecule has 0 aliphatic carbocycles. The number of nitrogens with one attached hydrogen (secondary N) is 3. The molecule has 0 aromatic carbocycles. The zero-order valence-corrected chi connectivity index (χ0v) is 12.7. The molecule has 8 nitrogen and oxygen atoms in total. The number of carbonyl (C=O) groups excluding carboxylic acids is 1. The summed E-state index contributed by atoms with van der Waals surface area (Å²) in [6.07, 6.45) is 1.46. The molecule has 0 unspecified atom stereocenters. The number of H-pyrrole nitrogens is 1. The van der Waals surface area contributed by atoms with Crippen LogP contribution < -0.4 is 10.6 Å². The van der Waals surface area contributed by atoms with Crippen LogP contribution in [0.3, 0.4) is 0 Å². The lowest BCUT2D eigenvalue weighted by atomic mass is 10.3. The number of rotatable bonds is 5. The van der Waals surface area contributed by atoms with Crippen LogP contribution in [0.5, 0.6) is 0 Å². The number of hydrogen-bond donors (Lipinski definition) is 3. The molecule has 2 rings (SSSR count). The van der Waals surface area contributed by atoms with Crippen LogP contribution in [0, 0.1) is 0 Å². The topological polar surface area (TPSA) is 105 Å². The van der Waals surface area contributed by atoms with Crippen LogP contribution in [0.15, 0.2) is 4.60 Å². The molecule has 0 fully saturated rings. The van der Waals surface area contributed by atoms with Gasteiger partial charge in [0.1, 0.15) is 11.0 Å². The molecule has 0 aliphatic rings. The first kappa shape index (κ1) is 14.5. The van der Waals surface area contributed by atoms with Crippen molar-refractivity contribution in [2.45, 2.75) is 19.8 Å². The Balaban J connectivity index is 2.34. The zero-order valence-electron chi connectivity index (χ0n) is 11.2. The number of anilines is 2. The first-order valence-electron chi connectivity index (χ1n) is 6.16. The van der Waals surface area contributed by atoms with Gasteiger partial charge in [-0.3, -0.25) is 10.4 Å². The summed E-state index contributed by atoms with van der Waals surface area (Å²) in [6.45, 7) is 2.88. The van der Waals surface area contributed by atoms with Crippen LogP contribution in [0.2, 0.25) is 0 Å². The summed E-state index contributed by atoms with van der Waals surface area (Å²) in [4.78, 5) is 19.7. The molecule has 0 spiro atoms. The minimum atomic E-state index is -0.622. The summed E-state index contributed by atoms with van der Waals surface area (Å²) in [7, 11) is 1.28. The molecule has 9 heteroatoms. The third-order valence-electron chi connectivity index (χ3n) is 2.59. The van der Waals surface area contributed by atoms with Gasteiger partial charge in [-0.1, -0.05) is 13.3 Å². The number of hydrogen-bond acceptors (Lipinski definition) is 6. The third kappa shape index (κ3) is 3.16. The van der Waals surface area contributed by atoms with Crippen molar-refractivity contribution in [1.29, 1.82) is 0 Å². The van der Waals surface area contributed by atoms with Crippen molar-refractivity contribution in [2.75, 3.05) is 24.3 Å². The molecular formula is C11H15BrN6O2. The minimum Gasteiger partial charge on any atom is -0.453 e. The molecule has 108 valence electrons.